The van der Waals surface area contributed by atoms with Crippen LogP contribution in [0.5, 0.6) is 0 Å². The Bertz CT molecular complexity index is 727. The monoisotopic (exact) mass is 374 g/mol. The van der Waals surface area contributed by atoms with Gasteiger partial charge >= 0.3 is 0 Å². The molecule has 3 nitrogen and oxygen atoms in total. The first-order chi connectivity index (χ1) is 11.9. The minimum Gasteiger partial charge on any atom is -0.272 e. The molecule has 0 saturated carbocycles. The highest BCUT2D eigenvalue weighted by Crippen LogP contribution is 2.27. The van der Waals surface area contributed by atoms with Gasteiger partial charge in [0.1, 0.15) is 0 Å². The van der Waals surface area contributed by atoms with Crippen molar-refractivity contribution in [2.75, 3.05) is 5.75 Å². The van der Waals surface area contributed by atoms with Crippen LogP contribution >= 0.6 is 23.4 Å². The predicted molar refractivity (Wildman–Crippen MR) is 108 cm³/mol. The van der Waals surface area contributed by atoms with Crippen molar-refractivity contribution in [3.63, 3.8) is 0 Å². The summed E-state index contributed by atoms with van der Waals surface area (Å²) in [5.74, 6) is 0.206. The summed E-state index contributed by atoms with van der Waals surface area (Å²) in [5, 5.41) is 4.93. The molecular formula is C20H23ClN2OS. The molecule has 2 aromatic rings. The lowest BCUT2D eigenvalue weighted by molar-refractivity contribution is -0.118. The highest BCUT2D eigenvalue weighted by atomic mass is 35.5. The average molecular weight is 375 g/mol. The number of rotatable bonds is 7. The van der Waals surface area contributed by atoms with Gasteiger partial charge in [-0.2, -0.15) is 5.10 Å². The summed E-state index contributed by atoms with van der Waals surface area (Å²) in [6.45, 7) is 6.30. The molecule has 0 radical (unpaired) electrons. The first-order valence-corrected chi connectivity index (χ1v) is 9.49. The van der Waals surface area contributed by atoms with E-state index in [9.17, 15) is 4.79 Å². The summed E-state index contributed by atoms with van der Waals surface area (Å²) in [5.41, 5.74) is 4.77. The van der Waals surface area contributed by atoms with Crippen molar-refractivity contribution in [2.24, 2.45) is 5.10 Å². The van der Waals surface area contributed by atoms with Crippen LogP contribution in [0.3, 0.4) is 0 Å². The first-order valence-electron chi connectivity index (χ1n) is 8.13. The lowest BCUT2D eigenvalue weighted by atomic mass is 9.80. The van der Waals surface area contributed by atoms with Crippen molar-refractivity contribution in [3.8, 4) is 0 Å². The van der Waals surface area contributed by atoms with Gasteiger partial charge in [-0.3, -0.25) is 4.79 Å². The SMILES string of the molecule is C/C(CC(C)(C)c1ccccc1)=N/NC(=O)CSc1ccc(Cl)cc1. The quantitative estimate of drug-likeness (QED) is 0.406. The molecule has 0 aliphatic heterocycles. The molecule has 0 heterocycles. The van der Waals surface area contributed by atoms with Gasteiger partial charge in [-0.25, -0.2) is 5.43 Å². The Balaban J connectivity index is 1.83. The van der Waals surface area contributed by atoms with Gasteiger partial charge in [0.25, 0.3) is 0 Å². The fourth-order valence-electron chi connectivity index (χ4n) is 2.54. The number of hydrogen-bond acceptors (Lipinski definition) is 3. The zero-order valence-corrected chi connectivity index (χ0v) is 16.3. The molecule has 2 aromatic carbocycles. The van der Waals surface area contributed by atoms with Crippen molar-refractivity contribution < 1.29 is 4.79 Å². The zero-order valence-electron chi connectivity index (χ0n) is 14.8. The van der Waals surface area contributed by atoms with E-state index < -0.39 is 0 Å². The Hall–Kier alpha value is -1.78. The van der Waals surface area contributed by atoms with Crippen molar-refractivity contribution in [1.29, 1.82) is 0 Å². The molecule has 0 unspecified atom stereocenters. The number of nitrogens with zero attached hydrogens (tertiary/aromatic N) is 1. The molecule has 0 aliphatic carbocycles. The van der Waals surface area contributed by atoms with Crippen LogP contribution < -0.4 is 5.43 Å². The Morgan fingerprint density at radius 1 is 1.12 bits per heavy atom. The average Bonchev–Trinajstić information content (AvgIpc) is 2.60. The van der Waals surface area contributed by atoms with Crippen LogP contribution in [0.15, 0.2) is 64.6 Å². The highest BCUT2D eigenvalue weighted by molar-refractivity contribution is 8.00. The third kappa shape index (κ3) is 6.56. The molecule has 5 heteroatoms. The molecule has 1 amide bonds. The molecule has 1 N–H and O–H groups in total. The summed E-state index contributed by atoms with van der Waals surface area (Å²) < 4.78 is 0. The van der Waals surface area contributed by atoms with Gasteiger partial charge in [0, 0.05) is 15.6 Å². The normalized spacial score (nSPS) is 12.1. The summed E-state index contributed by atoms with van der Waals surface area (Å²) in [4.78, 5) is 13.0. The second-order valence-corrected chi connectivity index (χ2v) is 8.04. The van der Waals surface area contributed by atoms with Gasteiger partial charge in [-0.05, 0) is 48.6 Å². The number of benzene rings is 2. The number of carbonyl (C=O) groups excluding carboxylic acids is 1. The third-order valence-electron chi connectivity index (χ3n) is 3.81. The predicted octanol–water partition coefficient (Wildman–Crippen LogP) is 5.29. The molecule has 0 bridgehead atoms. The topological polar surface area (TPSA) is 41.5 Å². The molecule has 0 saturated heterocycles. The van der Waals surface area contributed by atoms with E-state index in [0.717, 1.165) is 17.0 Å². The summed E-state index contributed by atoms with van der Waals surface area (Å²) in [6, 6.07) is 17.8. The Labute approximate surface area is 158 Å². The van der Waals surface area contributed by atoms with Gasteiger partial charge in [0.05, 0.1) is 5.75 Å². The van der Waals surface area contributed by atoms with E-state index in [0.29, 0.717) is 10.8 Å². The molecule has 0 spiro atoms. The van der Waals surface area contributed by atoms with E-state index in [1.165, 1.54) is 17.3 Å². The molecule has 25 heavy (non-hydrogen) atoms. The Morgan fingerprint density at radius 2 is 1.76 bits per heavy atom. The number of hydrazone groups is 1. The van der Waals surface area contributed by atoms with Crippen molar-refractivity contribution in [1.82, 2.24) is 5.43 Å². The number of nitrogens with one attached hydrogen (secondary N) is 1. The molecule has 0 atom stereocenters. The van der Waals surface area contributed by atoms with Crippen LogP contribution in [-0.4, -0.2) is 17.4 Å². The smallest absolute Gasteiger partial charge is 0.250 e. The second-order valence-electron chi connectivity index (χ2n) is 6.55. The molecule has 2 rings (SSSR count). The summed E-state index contributed by atoms with van der Waals surface area (Å²) >= 11 is 7.31. The van der Waals surface area contributed by atoms with E-state index in [1.54, 1.807) is 0 Å². The van der Waals surface area contributed by atoms with Crippen molar-refractivity contribution in [3.05, 3.63) is 65.2 Å². The first kappa shape index (κ1) is 19.5. The number of hydrogen-bond donors (Lipinski definition) is 1. The number of amides is 1. The van der Waals surface area contributed by atoms with E-state index in [-0.39, 0.29) is 11.3 Å². The second kappa shape index (κ2) is 9.07. The maximum Gasteiger partial charge on any atom is 0.250 e. The van der Waals surface area contributed by atoms with Gasteiger partial charge in [0.15, 0.2) is 0 Å². The summed E-state index contributed by atoms with van der Waals surface area (Å²) in [6.07, 6.45) is 0.779. The molecule has 132 valence electrons. The largest absolute Gasteiger partial charge is 0.272 e. The molecule has 0 fully saturated rings. The number of halogens is 1. The Kier molecular flexibility index (Phi) is 7.09. The van der Waals surface area contributed by atoms with Crippen LogP contribution in [0.1, 0.15) is 32.8 Å². The maximum atomic E-state index is 12.0. The number of carbonyl (C=O) groups is 1. The minimum atomic E-state index is -0.114. The van der Waals surface area contributed by atoms with Crippen LogP contribution in [-0.2, 0) is 10.2 Å². The molecular weight excluding hydrogens is 352 g/mol. The fourth-order valence-corrected chi connectivity index (χ4v) is 3.36. The fraction of sp³-hybridized carbons (Fsp3) is 0.300. The van der Waals surface area contributed by atoms with Crippen LogP contribution in [0, 0.1) is 0 Å². The lowest BCUT2D eigenvalue weighted by Crippen LogP contribution is -2.25. The number of thioether (sulfide) groups is 1. The standard InChI is InChI=1S/C20H23ClN2OS/c1-15(13-20(2,3)16-7-5-4-6-8-16)22-23-19(24)14-25-18-11-9-17(21)10-12-18/h4-12H,13-14H2,1-3H3,(H,23,24)/b22-15-. The zero-order chi connectivity index (χ0) is 18.3. The summed E-state index contributed by atoms with van der Waals surface area (Å²) in [7, 11) is 0. The van der Waals surface area contributed by atoms with Crippen molar-refractivity contribution in [2.45, 2.75) is 37.5 Å². The van der Waals surface area contributed by atoms with Gasteiger partial charge < -0.3 is 0 Å². The van der Waals surface area contributed by atoms with Crippen LogP contribution in [0.4, 0.5) is 0 Å². The maximum absolute atomic E-state index is 12.0. The highest BCUT2D eigenvalue weighted by Gasteiger charge is 2.21. The van der Waals surface area contributed by atoms with Crippen LogP contribution in [0.25, 0.3) is 0 Å². The van der Waals surface area contributed by atoms with E-state index in [4.69, 9.17) is 11.6 Å². The van der Waals surface area contributed by atoms with Gasteiger partial charge in [0.2, 0.25) is 5.91 Å². The minimum absolute atomic E-state index is 0.0301. The van der Waals surface area contributed by atoms with E-state index in [2.05, 4.69) is 36.5 Å². The molecule has 0 aromatic heterocycles. The van der Waals surface area contributed by atoms with E-state index >= 15 is 0 Å². The Morgan fingerprint density at radius 3 is 2.40 bits per heavy atom. The van der Waals surface area contributed by atoms with Crippen molar-refractivity contribution >= 4 is 35.0 Å². The third-order valence-corrected chi connectivity index (χ3v) is 5.07. The van der Waals surface area contributed by atoms with Gasteiger partial charge in [-0.15, -0.1) is 11.8 Å². The van der Waals surface area contributed by atoms with Gasteiger partial charge in [-0.1, -0.05) is 55.8 Å². The lowest BCUT2D eigenvalue weighted by Gasteiger charge is -2.25. The van der Waals surface area contributed by atoms with E-state index in [1.807, 2.05) is 49.4 Å². The molecule has 0 aliphatic rings. The van der Waals surface area contributed by atoms with Crippen LogP contribution in [0.2, 0.25) is 5.02 Å².